The number of amides is 2. The molecular formula is C17H23N3O3. The molecule has 1 saturated heterocycles. The van der Waals surface area contributed by atoms with Crippen LogP contribution in [0.25, 0.3) is 6.08 Å². The quantitative estimate of drug-likeness (QED) is 0.808. The van der Waals surface area contributed by atoms with Crippen molar-refractivity contribution in [2.75, 3.05) is 33.8 Å². The molecule has 0 spiro atoms. The zero-order valence-electron chi connectivity index (χ0n) is 13.5. The highest BCUT2D eigenvalue weighted by Gasteiger charge is 2.30. The third-order valence-electron chi connectivity index (χ3n) is 3.88. The minimum atomic E-state index is -0.425. The monoisotopic (exact) mass is 317 g/mol. The first-order valence-electron chi connectivity index (χ1n) is 7.67. The summed E-state index contributed by atoms with van der Waals surface area (Å²) in [4.78, 5) is 25.6. The number of para-hydroxylation sites is 1. The maximum Gasteiger partial charge on any atom is 0.237 e. The molecule has 6 nitrogen and oxygen atoms in total. The van der Waals surface area contributed by atoms with Gasteiger partial charge in [0.25, 0.3) is 0 Å². The SMILES string of the molecule is CNC(=O)CC1C(=O)NCCN1C/C=C/c1ccccc1OC. The fourth-order valence-electron chi connectivity index (χ4n) is 2.60. The van der Waals surface area contributed by atoms with Crippen LogP contribution in [0.5, 0.6) is 5.75 Å². The van der Waals surface area contributed by atoms with Crippen LogP contribution in [0.4, 0.5) is 0 Å². The van der Waals surface area contributed by atoms with Gasteiger partial charge in [-0.2, -0.15) is 0 Å². The summed E-state index contributed by atoms with van der Waals surface area (Å²) in [6.45, 7) is 1.93. The van der Waals surface area contributed by atoms with Crippen LogP contribution in [0, 0.1) is 0 Å². The van der Waals surface area contributed by atoms with E-state index in [4.69, 9.17) is 4.74 Å². The normalized spacial score (nSPS) is 18.7. The number of ether oxygens (including phenoxy) is 1. The van der Waals surface area contributed by atoms with Crippen LogP contribution in [0.3, 0.4) is 0 Å². The second kappa shape index (κ2) is 8.33. The third-order valence-corrected chi connectivity index (χ3v) is 3.88. The summed E-state index contributed by atoms with van der Waals surface area (Å²) in [6, 6.07) is 7.32. The molecule has 1 fully saturated rings. The lowest BCUT2D eigenvalue weighted by Gasteiger charge is -2.33. The number of hydrogen-bond donors (Lipinski definition) is 2. The van der Waals surface area contributed by atoms with E-state index in [9.17, 15) is 9.59 Å². The van der Waals surface area contributed by atoms with Crippen molar-refractivity contribution in [2.45, 2.75) is 12.5 Å². The Hall–Kier alpha value is -2.34. The first-order chi connectivity index (χ1) is 11.2. The Labute approximate surface area is 136 Å². The molecule has 1 aromatic rings. The molecule has 0 bridgehead atoms. The second-order valence-corrected chi connectivity index (χ2v) is 5.32. The molecule has 0 saturated carbocycles. The average molecular weight is 317 g/mol. The topological polar surface area (TPSA) is 70.7 Å². The van der Waals surface area contributed by atoms with Crippen LogP contribution >= 0.6 is 0 Å². The Balaban J connectivity index is 2.03. The Morgan fingerprint density at radius 2 is 2.26 bits per heavy atom. The Morgan fingerprint density at radius 3 is 3.00 bits per heavy atom. The van der Waals surface area contributed by atoms with Crippen molar-refractivity contribution >= 4 is 17.9 Å². The van der Waals surface area contributed by atoms with Crippen molar-refractivity contribution in [1.82, 2.24) is 15.5 Å². The van der Waals surface area contributed by atoms with Gasteiger partial charge in [-0.1, -0.05) is 30.4 Å². The van der Waals surface area contributed by atoms with Crippen LogP contribution in [0.15, 0.2) is 30.3 Å². The molecule has 0 radical (unpaired) electrons. The number of nitrogens with one attached hydrogen (secondary N) is 2. The fraction of sp³-hybridized carbons (Fsp3) is 0.412. The molecule has 1 aromatic carbocycles. The lowest BCUT2D eigenvalue weighted by molar-refractivity contribution is -0.133. The molecule has 2 amide bonds. The largest absolute Gasteiger partial charge is 0.496 e. The van der Waals surface area contributed by atoms with E-state index in [1.54, 1.807) is 14.2 Å². The molecule has 1 atom stereocenters. The number of rotatable bonds is 6. The maximum atomic E-state index is 12.0. The predicted octanol–water partition coefficient (Wildman–Crippen LogP) is 0.645. The zero-order chi connectivity index (χ0) is 16.7. The molecule has 2 N–H and O–H groups in total. The van der Waals surface area contributed by atoms with Crippen molar-refractivity contribution < 1.29 is 14.3 Å². The Kier molecular flexibility index (Phi) is 6.17. The predicted molar refractivity (Wildman–Crippen MR) is 89.1 cm³/mol. The van der Waals surface area contributed by atoms with E-state index in [0.29, 0.717) is 13.1 Å². The van der Waals surface area contributed by atoms with Gasteiger partial charge in [-0.05, 0) is 6.07 Å². The van der Waals surface area contributed by atoms with E-state index in [2.05, 4.69) is 10.6 Å². The zero-order valence-corrected chi connectivity index (χ0v) is 13.5. The van der Waals surface area contributed by atoms with Gasteiger partial charge in [-0.15, -0.1) is 0 Å². The van der Waals surface area contributed by atoms with Crippen LogP contribution in [0.1, 0.15) is 12.0 Å². The minimum absolute atomic E-state index is 0.0921. The van der Waals surface area contributed by atoms with Crippen LogP contribution in [0.2, 0.25) is 0 Å². The lowest BCUT2D eigenvalue weighted by Crippen LogP contribution is -2.56. The fourth-order valence-corrected chi connectivity index (χ4v) is 2.60. The molecule has 1 aliphatic heterocycles. The average Bonchev–Trinajstić information content (AvgIpc) is 2.58. The first-order valence-corrected chi connectivity index (χ1v) is 7.67. The number of benzene rings is 1. The molecule has 0 aromatic heterocycles. The van der Waals surface area contributed by atoms with Crippen molar-refractivity contribution in [2.24, 2.45) is 0 Å². The molecule has 1 heterocycles. The summed E-state index contributed by atoms with van der Waals surface area (Å²) in [6.07, 6.45) is 4.14. The summed E-state index contributed by atoms with van der Waals surface area (Å²) in [5.41, 5.74) is 0.985. The van der Waals surface area contributed by atoms with Crippen molar-refractivity contribution in [3.63, 3.8) is 0 Å². The number of nitrogens with zero attached hydrogens (tertiary/aromatic N) is 1. The van der Waals surface area contributed by atoms with Crippen LogP contribution < -0.4 is 15.4 Å². The summed E-state index contributed by atoms with van der Waals surface area (Å²) in [5.74, 6) is 0.582. The standard InChI is InChI=1S/C17H23N3O3/c1-18-16(21)12-14-17(22)19-9-11-20(14)10-5-7-13-6-3-4-8-15(13)23-2/h3-8,14H,9-12H2,1-2H3,(H,18,21)(H,19,22)/b7-5+. The van der Waals surface area contributed by atoms with Gasteiger partial charge in [0.1, 0.15) is 5.75 Å². The van der Waals surface area contributed by atoms with E-state index in [-0.39, 0.29) is 18.2 Å². The number of piperazine rings is 1. The molecule has 6 heteroatoms. The van der Waals surface area contributed by atoms with Crippen molar-refractivity contribution in [1.29, 1.82) is 0 Å². The first kappa shape index (κ1) is 17.0. The molecule has 23 heavy (non-hydrogen) atoms. The smallest absolute Gasteiger partial charge is 0.237 e. The molecule has 124 valence electrons. The van der Waals surface area contributed by atoms with Gasteiger partial charge in [-0.25, -0.2) is 0 Å². The van der Waals surface area contributed by atoms with Crippen molar-refractivity contribution in [3.8, 4) is 5.75 Å². The van der Waals surface area contributed by atoms with Gasteiger partial charge in [0.05, 0.1) is 19.6 Å². The molecule has 1 aliphatic rings. The summed E-state index contributed by atoms with van der Waals surface area (Å²) < 4.78 is 5.31. The van der Waals surface area contributed by atoms with Gasteiger partial charge in [0.15, 0.2) is 0 Å². The summed E-state index contributed by atoms with van der Waals surface area (Å²) in [5, 5.41) is 5.38. The highest BCUT2D eigenvalue weighted by molar-refractivity contribution is 5.88. The lowest BCUT2D eigenvalue weighted by atomic mass is 10.1. The van der Waals surface area contributed by atoms with Crippen molar-refractivity contribution in [3.05, 3.63) is 35.9 Å². The number of carbonyl (C=O) groups is 2. The number of methoxy groups -OCH3 is 1. The van der Waals surface area contributed by atoms with E-state index in [0.717, 1.165) is 17.9 Å². The molecule has 1 unspecified atom stereocenters. The highest BCUT2D eigenvalue weighted by Crippen LogP contribution is 2.19. The van der Waals surface area contributed by atoms with E-state index >= 15 is 0 Å². The molecule has 0 aliphatic carbocycles. The van der Waals surface area contributed by atoms with E-state index < -0.39 is 6.04 Å². The Bertz CT molecular complexity index is 586. The van der Waals surface area contributed by atoms with Crippen LogP contribution in [-0.4, -0.2) is 56.5 Å². The number of hydrogen-bond acceptors (Lipinski definition) is 4. The summed E-state index contributed by atoms with van der Waals surface area (Å²) >= 11 is 0. The van der Waals surface area contributed by atoms with Gasteiger partial charge in [-0.3, -0.25) is 14.5 Å². The molecular weight excluding hydrogens is 294 g/mol. The number of carbonyl (C=O) groups excluding carboxylic acids is 2. The second-order valence-electron chi connectivity index (χ2n) is 5.32. The van der Waals surface area contributed by atoms with E-state index in [1.807, 2.05) is 41.3 Å². The third kappa shape index (κ3) is 4.56. The van der Waals surface area contributed by atoms with Gasteiger partial charge in [0, 0.05) is 32.2 Å². The molecule has 2 rings (SSSR count). The maximum absolute atomic E-state index is 12.0. The highest BCUT2D eigenvalue weighted by atomic mass is 16.5. The Morgan fingerprint density at radius 1 is 1.48 bits per heavy atom. The van der Waals surface area contributed by atoms with Gasteiger partial charge >= 0.3 is 0 Å². The minimum Gasteiger partial charge on any atom is -0.496 e. The van der Waals surface area contributed by atoms with Gasteiger partial charge < -0.3 is 15.4 Å². The summed E-state index contributed by atoms with van der Waals surface area (Å²) in [7, 11) is 3.22. The van der Waals surface area contributed by atoms with Crippen LogP contribution in [-0.2, 0) is 9.59 Å². The van der Waals surface area contributed by atoms with E-state index in [1.165, 1.54) is 0 Å². The van der Waals surface area contributed by atoms with Gasteiger partial charge in [0.2, 0.25) is 11.8 Å².